The number of rotatable bonds is 6. The summed E-state index contributed by atoms with van der Waals surface area (Å²) in [6, 6.07) is 18.2. The number of nitrogens with zero attached hydrogens (tertiary/aromatic N) is 3. The summed E-state index contributed by atoms with van der Waals surface area (Å²) in [5, 5.41) is 14.5. The molecule has 1 N–H and O–H groups in total. The second-order valence-electron chi connectivity index (χ2n) is 7.04. The van der Waals surface area contributed by atoms with Crippen molar-refractivity contribution < 1.29 is 4.79 Å². The lowest BCUT2D eigenvalue weighted by molar-refractivity contribution is -0.113. The average Bonchev–Trinajstić information content (AvgIpc) is 3.40. The highest BCUT2D eigenvalue weighted by molar-refractivity contribution is 7.99. The van der Waals surface area contributed by atoms with Crippen molar-refractivity contribution in [2.75, 3.05) is 11.1 Å². The number of carbonyl (C=O) groups is 1. The van der Waals surface area contributed by atoms with Crippen LogP contribution in [0.2, 0.25) is 0 Å². The van der Waals surface area contributed by atoms with Gasteiger partial charge in [0.25, 0.3) is 0 Å². The second-order valence-corrected chi connectivity index (χ2v) is 8.93. The largest absolute Gasteiger partial charge is 0.325 e. The molecule has 0 aliphatic heterocycles. The first-order chi connectivity index (χ1) is 14.5. The van der Waals surface area contributed by atoms with Gasteiger partial charge < -0.3 is 5.32 Å². The van der Waals surface area contributed by atoms with Crippen molar-refractivity contribution in [1.82, 2.24) is 14.8 Å². The van der Waals surface area contributed by atoms with Crippen molar-refractivity contribution in [3.8, 4) is 16.4 Å². The Hall–Kier alpha value is -2.90. The van der Waals surface area contributed by atoms with E-state index in [1.54, 1.807) is 11.3 Å². The van der Waals surface area contributed by atoms with E-state index in [0.29, 0.717) is 5.16 Å². The highest BCUT2D eigenvalue weighted by Gasteiger charge is 2.18. The van der Waals surface area contributed by atoms with Crippen LogP contribution in [0.5, 0.6) is 0 Å². The van der Waals surface area contributed by atoms with Crippen LogP contribution in [-0.2, 0) is 4.79 Å². The summed E-state index contributed by atoms with van der Waals surface area (Å²) in [5.74, 6) is 0.970. The van der Waals surface area contributed by atoms with Crippen LogP contribution >= 0.6 is 23.1 Å². The van der Waals surface area contributed by atoms with Crippen molar-refractivity contribution in [3.05, 3.63) is 76.7 Å². The Morgan fingerprint density at radius 3 is 2.57 bits per heavy atom. The highest BCUT2D eigenvalue weighted by atomic mass is 32.2. The van der Waals surface area contributed by atoms with Gasteiger partial charge in [0.05, 0.1) is 10.6 Å². The first kappa shape index (κ1) is 20.4. The molecule has 2 aromatic carbocycles. The molecule has 5 nitrogen and oxygen atoms in total. The Balaban J connectivity index is 1.57. The highest BCUT2D eigenvalue weighted by Crippen LogP contribution is 2.30. The van der Waals surface area contributed by atoms with Gasteiger partial charge in [0.15, 0.2) is 11.0 Å². The number of nitrogens with one attached hydrogen (secondary N) is 1. The molecule has 1 amide bonds. The first-order valence-electron chi connectivity index (χ1n) is 9.58. The molecular weight excluding hydrogens is 412 g/mol. The van der Waals surface area contributed by atoms with Gasteiger partial charge in [-0.15, -0.1) is 21.5 Å². The van der Waals surface area contributed by atoms with Crippen molar-refractivity contribution >= 4 is 34.7 Å². The third kappa shape index (κ3) is 4.32. The van der Waals surface area contributed by atoms with Crippen LogP contribution in [0.3, 0.4) is 0 Å². The van der Waals surface area contributed by atoms with Gasteiger partial charge in [-0.3, -0.25) is 9.36 Å². The summed E-state index contributed by atoms with van der Waals surface area (Å²) in [4.78, 5) is 13.6. The zero-order chi connectivity index (χ0) is 21.1. The quantitative estimate of drug-likeness (QED) is 0.398. The van der Waals surface area contributed by atoms with Gasteiger partial charge in [-0.05, 0) is 61.5 Å². The van der Waals surface area contributed by atoms with Crippen LogP contribution in [-0.4, -0.2) is 26.4 Å². The Labute approximate surface area is 184 Å². The lowest BCUT2D eigenvalue weighted by Gasteiger charge is -2.11. The summed E-state index contributed by atoms with van der Waals surface area (Å²) in [7, 11) is 0. The van der Waals surface area contributed by atoms with E-state index in [-0.39, 0.29) is 11.7 Å². The fourth-order valence-electron chi connectivity index (χ4n) is 3.06. The van der Waals surface area contributed by atoms with E-state index in [4.69, 9.17) is 0 Å². The molecule has 2 aromatic heterocycles. The van der Waals surface area contributed by atoms with Crippen molar-refractivity contribution in [2.24, 2.45) is 0 Å². The van der Waals surface area contributed by atoms with Crippen LogP contribution in [0.4, 0.5) is 5.69 Å². The number of aromatic nitrogens is 3. The zero-order valence-electron chi connectivity index (χ0n) is 17.0. The van der Waals surface area contributed by atoms with E-state index in [9.17, 15) is 4.79 Å². The van der Waals surface area contributed by atoms with Gasteiger partial charge in [0.1, 0.15) is 0 Å². The van der Waals surface area contributed by atoms with E-state index in [2.05, 4.69) is 46.7 Å². The molecular formula is C23H22N4OS2. The van der Waals surface area contributed by atoms with E-state index in [0.717, 1.165) is 33.2 Å². The number of aryl methyl sites for hydroxylation is 2. The molecule has 0 radical (unpaired) electrons. The lowest BCUT2D eigenvalue weighted by Crippen LogP contribution is -2.15. The van der Waals surface area contributed by atoms with Gasteiger partial charge in [-0.25, -0.2) is 0 Å². The van der Waals surface area contributed by atoms with E-state index >= 15 is 0 Å². The van der Waals surface area contributed by atoms with Crippen molar-refractivity contribution in [1.29, 1.82) is 0 Å². The topological polar surface area (TPSA) is 59.8 Å². The maximum Gasteiger partial charge on any atom is 0.234 e. The molecule has 2 heterocycles. The Morgan fingerprint density at radius 1 is 1.03 bits per heavy atom. The van der Waals surface area contributed by atoms with Crippen LogP contribution in [0.15, 0.2) is 65.1 Å². The monoisotopic (exact) mass is 434 g/mol. The maximum atomic E-state index is 12.6. The van der Waals surface area contributed by atoms with Crippen LogP contribution in [0.1, 0.15) is 16.7 Å². The Bertz CT molecular complexity index is 1160. The second kappa shape index (κ2) is 8.85. The molecule has 30 heavy (non-hydrogen) atoms. The molecule has 0 saturated heterocycles. The zero-order valence-corrected chi connectivity index (χ0v) is 18.7. The van der Waals surface area contributed by atoms with E-state index in [1.165, 1.54) is 17.3 Å². The van der Waals surface area contributed by atoms with E-state index in [1.807, 2.05) is 54.1 Å². The predicted octanol–water partition coefficient (Wildman–Crippen LogP) is 5.65. The normalized spacial score (nSPS) is 10.9. The number of carbonyl (C=O) groups excluding carboxylic acids is 1. The molecule has 0 bridgehead atoms. The molecule has 0 aliphatic rings. The van der Waals surface area contributed by atoms with Gasteiger partial charge >= 0.3 is 0 Å². The fraction of sp³-hybridized carbons (Fsp3) is 0.174. The molecule has 4 rings (SSSR count). The number of hydrogen-bond donors (Lipinski definition) is 1. The third-order valence-corrected chi connectivity index (χ3v) is 6.67. The third-order valence-electron chi connectivity index (χ3n) is 4.88. The van der Waals surface area contributed by atoms with Crippen molar-refractivity contribution in [2.45, 2.75) is 25.9 Å². The molecule has 7 heteroatoms. The molecule has 0 atom stereocenters. The number of benzene rings is 2. The van der Waals surface area contributed by atoms with E-state index < -0.39 is 0 Å². The molecule has 4 aromatic rings. The molecule has 0 spiro atoms. The lowest BCUT2D eigenvalue weighted by atomic mass is 10.1. The summed E-state index contributed by atoms with van der Waals surface area (Å²) in [6.07, 6.45) is 0. The number of amides is 1. The maximum absolute atomic E-state index is 12.6. The molecule has 152 valence electrons. The van der Waals surface area contributed by atoms with Crippen LogP contribution in [0.25, 0.3) is 16.4 Å². The minimum atomic E-state index is -0.0650. The van der Waals surface area contributed by atoms with Gasteiger partial charge in [0.2, 0.25) is 5.91 Å². The number of thiophene rings is 1. The summed E-state index contributed by atoms with van der Waals surface area (Å²) in [6.45, 7) is 6.11. The Morgan fingerprint density at radius 2 is 1.83 bits per heavy atom. The first-order valence-corrected chi connectivity index (χ1v) is 11.4. The number of hydrogen-bond acceptors (Lipinski definition) is 5. The average molecular weight is 435 g/mol. The Kier molecular flexibility index (Phi) is 6.01. The van der Waals surface area contributed by atoms with Gasteiger partial charge in [-0.1, -0.05) is 47.7 Å². The smallest absolute Gasteiger partial charge is 0.234 e. The van der Waals surface area contributed by atoms with Gasteiger partial charge in [-0.2, -0.15) is 0 Å². The standard InChI is InChI=1S/C23H22N4OS2/c1-15-9-11-18(12-10-15)27-22(20-8-5-13-29-20)25-26-23(27)30-14-21(28)24-19-7-4-6-16(2)17(19)3/h4-13H,14H2,1-3H3,(H,24,28). The number of thioether (sulfide) groups is 1. The molecule has 0 unspecified atom stereocenters. The minimum Gasteiger partial charge on any atom is -0.325 e. The molecule has 0 saturated carbocycles. The number of anilines is 1. The molecule has 0 fully saturated rings. The van der Waals surface area contributed by atoms with Crippen LogP contribution in [0, 0.1) is 20.8 Å². The summed E-state index contributed by atoms with van der Waals surface area (Å²) < 4.78 is 2.02. The molecule has 0 aliphatic carbocycles. The summed E-state index contributed by atoms with van der Waals surface area (Å²) in [5.41, 5.74) is 5.25. The van der Waals surface area contributed by atoms with Crippen LogP contribution < -0.4 is 5.32 Å². The summed E-state index contributed by atoms with van der Waals surface area (Å²) >= 11 is 3.00. The SMILES string of the molecule is Cc1ccc(-n2c(SCC(=O)Nc3cccc(C)c3C)nnc2-c2cccs2)cc1. The minimum absolute atomic E-state index is 0.0650. The fourth-order valence-corrected chi connectivity index (χ4v) is 4.51. The van der Waals surface area contributed by atoms with Gasteiger partial charge in [0, 0.05) is 11.4 Å². The van der Waals surface area contributed by atoms with Crippen molar-refractivity contribution in [3.63, 3.8) is 0 Å². The predicted molar refractivity (Wildman–Crippen MR) is 125 cm³/mol.